The Morgan fingerprint density at radius 3 is 2.54 bits per heavy atom. The number of urea groups is 2. The van der Waals surface area contributed by atoms with Crippen LogP contribution in [0.25, 0.3) is 0 Å². The number of carboxylic acids is 1. The van der Waals surface area contributed by atoms with Gasteiger partial charge in [0.2, 0.25) is 0 Å². The first-order valence-electron chi connectivity index (χ1n) is 8.88. The first-order chi connectivity index (χ1) is 13.3. The third-order valence-corrected chi connectivity index (χ3v) is 4.91. The number of carbonyl (C=O) groups is 3. The van der Waals surface area contributed by atoms with Crippen molar-refractivity contribution in [1.82, 2.24) is 15.1 Å². The van der Waals surface area contributed by atoms with Gasteiger partial charge in [0.25, 0.3) is 5.69 Å². The van der Waals surface area contributed by atoms with Crippen molar-refractivity contribution in [1.29, 1.82) is 0 Å². The summed E-state index contributed by atoms with van der Waals surface area (Å²) >= 11 is 0. The lowest BCUT2D eigenvalue weighted by Crippen LogP contribution is -2.56. The summed E-state index contributed by atoms with van der Waals surface area (Å²) in [6, 6.07) is 2.70. The van der Waals surface area contributed by atoms with Crippen LogP contribution in [0, 0.1) is 10.1 Å². The van der Waals surface area contributed by atoms with Gasteiger partial charge in [-0.25, -0.2) is 19.3 Å². The minimum atomic E-state index is -1.31. The molecule has 0 saturated carbocycles. The molecule has 2 N–H and O–H groups in total. The summed E-state index contributed by atoms with van der Waals surface area (Å²) in [4.78, 5) is 50.6. The number of nitro benzene ring substituents is 1. The molecule has 0 aliphatic carbocycles. The molecule has 0 spiro atoms. The third-order valence-electron chi connectivity index (χ3n) is 4.91. The number of non-ortho nitro benzene ring substituents is 1. The fourth-order valence-corrected chi connectivity index (χ4v) is 3.58. The fraction of sp³-hybridized carbons (Fsp3) is 0.389. The van der Waals surface area contributed by atoms with Crippen LogP contribution >= 0.6 is 0 Å². The lowest BCUT2D eigenvalue weighted by molar-refractivity contribution is -0.384. The number of carboxylic acid groups (broad SMARTS) is 1. The smallest absolute Gasteiger partial charge is 0.335 e. The molecule has 10 nitrogen and oxygen atoms in total. The molecule has 1 unspecified atom stereocenters. The Balaban J connectivity index is 2.11. The molecule has 1 aromatic rings. The number of likely N-dealkylation sites (tertiary alicyclic amines) is 1. The highest BCUT2D eigenvalue weighted by molar-refractivity contribution is 6.01. The normalized spacial score (nSPS) is 20.0. The van der Waals surface area contributed by atoms with Crippen molar-refractivity contribution in [3.8, 4) is 0 Å². The van der Waals surface area contributed by atoms with Crippen molar-refractivity contribution in [2.45, 2.75) is 32.2 Å². The van der Waals surface area contributed by atoms with E-state index in [9.17, 15) is 29.6 Å². The predicted octanol–water partition coefficient (Wildman–Crippen LogP) is 2.63. The average molecular weight is 388 g/mol. The van der Waals surface area contributed by atoms with Gasteiger partial charge in [0.05, 0.1) is 10.5 Å². The molecular formula is C18H20N4O6. The Labute approximate surface area is 160 Å². The molecule has 1 atom stereocenters. The van der Waals surface area contributed by atoms with Crippen LogP contribution in [0.5, 0.6) is 0 Å². The van der Waals surface area contributed by atoms with Crippen LogP contribution in [-0.2, 0) is 4.79 Å². The zero-order valence-corrected chi connectivity index (χ0v) is 15.3. The SMILES string of the molecule is CC1=C(C(=O)O)C(c2cccc([N+](=O)[O-])c2)N(C(=O)N2CCCCC2)C(=O)N1. The summed E-state index contributed by atoms with van der Waals surface area (Å²) in [5.74, 6) is -1.31. The number of nitrogens with one attached hydrogen (secondary N) is 1. The van der Waals surface area contributed by atoms with E-state index in [-0.39, 0.29) is 22.5 Å². The van der Waals surface area contributed by atoms with Crippen molar-refractivity contribution >= 4 is 23.7 Å². The van der Waals surface area contributed by atoms with E-state index in [1.807, 2.05) is 0 Å². The molecule has 2 aliphatic heterocycles. The van der Waals surface area contributed by atoms with E-state index >= 15 is 0 Å². The lowest BCUT2D eigenvalue weighted by Gasteiger charge is -2.39. The molecule has 4 amide bonds. The highest BCUT2D eigenvalue weighted by Crippen LogP contribution is 2.36. The van der Waals surface area contributed by atoms with Gasteiger partial charge in [0.1, 0.15) is 6.04 Å². The number of aliphatic carboxylic acids is 1. The van der Waals surface area contributed by atoms with Crippen molar-refractivity contribution in [2.24, 2.45) is 0 Å². The largest absolute Gasteiger partial charge is 0.478 e. The van der Waals surface area contributed by atoms with E-state index < -0.39 is 29.0 Å². The number of piperidine rings is 1. The molecule has 0 radical (unpaired) electrons. The Kier molecular flexibility index (Phi) is 5.30. The number of rotatable bonds is 3. The molecule has 0 aromatic heterocycles. The van der Waals surface area contributed by atoms with Gasteiger partial charge in [-0.1, -0.05) is 12.1 Å². The third kappa shape index (κ3) is 3.53. The molecule has 3 rings (SSSR count). The van der Waals surface area contributed by atoms with Gasteiger partial charge >= 0.3 is 18.0 Å². The highest BCUT2D eigenvalue weighted by atomic mass is 16.6. The summed E-state index contributed by atoms with van der Waals surface area (Å²) in [5.41, 5.74) is -0.176. The summed E-state index contributed by atoms with van der Waals surface area (Å²) in [6.45, 7) is 2.36. The molecule has 10 heteroatoms. The Bertz CT molecular complexity index is 875. The average Bonchev–Trinajstić information content (AvgIpc) is 2.67. The zero-order valence-electron chi connectivity index (χ0n) is 15.3. The molecule has 1 fully saturated rings. The van der Waals surface area contributed by atoms with Crippen LogP contribution < -0.4 is 5.32 Å². The Morgan fingerprint density at radius 2 is 1.93 bits per heavy atom. The minimum absolute atomic E-state index is 0.0942. The topological polar surface area (TPSA) is 133 Å². The number of amides is 4. The van der Waals surface area contributed by atoms with Gasteiger partial charge in [-0.2, -0.15) is 0 Å². The summed E-state index contributed by atoms with van der Waals surface area (Å²) in [7, 11) is 0. The predicted molar refractivity (Wildman–Crippen MR) is 97.4 cm³/mol. The van der Waals surface area contributed by atoms with Gasteiger partial charge in [0.15, 0.2) is 0 Å². The van der Waals surface area contributed by atoms with Crippen molar-refractivity contribution < 1.29 is 24.4 Å². The monoisotopic (exact) mass is 388 g/mol. The van der Waals surface area contributed by atoms with Gasteiger partial charge in [0, 0.05) is 30.9 Å². The molecule has 1 aromatic carbocycles. The second-order valence-electron chi connectivity index (χ2n) is 6.73. The molecule has 0 bridgehead atoms. The molecule has 28 heavy (non-hydrogen) atoms. The summed E-state index contributed by atoms with van der Waals surface area (Å²) in [6.07, 6.45) is 2.57. The van der Waals surface area contributed by atoms with Crippen LogP contribution in [0.4, 0.5) is 15.3 Å². The molecule has 1 saturated heterocycles. The number of imide groups is 1. The molecule has 2 aliphatic rings. The van der Waals surface area contributed by atoms with Crippen LogP contribution in [-0.4, -0.2) is 51.0 Å². The van der Waals surface area contributed by atoms with Crippen molar-refractivity contribution in [2.75, 3.05) is 13.1 Å². The van der Waals surface area contributed by atoms with E-state index in [0.29, 0.717) is 13.1 Å². The maximum absolute atomic E-state index is 13.1. The number of benzene rings is 1. The second-order valence-corrected chi connectivity index (χ2v) is 6.73. The number of hydrogen-bond donors (Lipinski definition) is 2. The van der Waals surface area contributed by atoms with E-state index in [0.717, 1.165) is 24.2 Å². The molecule has 2 heterocycles. The molecular weight excluding hydrogens is 368 g/mol. The minimum Gasteiger partial charge on any atom is -0.478 e. The number of hydrogen-bond acceptors (Lipinski definition) is 5. The lowest BCUT2D eigenvalue weighted by atomic mass is 9.93. The summed E-state index contributed by atoms with van der Waals surface area (Å²) < 4.78 is 0. The fourth-order valence-electron chi connectivity index (χ4n) is 3.58. The Morgan fingerprint density at radius 1 is 1.25 bits per heavy atom. The van der Waals surface area contributed by atoms with Crippen LogP contribution in [0.3, 0.4) is 0 Å². The molecule has 148 valence electrons. The standard InChI is InChI=1S/C18H20N4O6/c1-11-14(16(23)24)15(12-6-5-7-13(10-12)22(27)28)21(17(25)19-11)18(26)20-8-3-2-4-9-20/h5-7,10,15H,2-4,8-9H2,1H3,(H,19,25)(H,23,24). The van der Waals surface area contributed by atoms with E-state index in [1.54, 1.807) is 0 Å². The number of carbonyl (C=O) groups excluding carboxylic acids is 2. The van der Waals surface area contributed by atoms with E-state index in [4.69, 9.17) is 0 Å². The van der Waals surface area contributed by atoms with E-state index in [1.165, 1.54) is 36.1 Å². The number of nitro groups is 1. The quantitative estimate of drug-likeness (QED) is 0.604. The summed E-state index contributed by atoms with van der Waals surface area (Å²) in [5, 5.41) is 23.3. The van der Waals surface area contributed by atoms with Crippen molar-refractivity contribution in [3.63, 3.8) is 0 Å². The maximum Gasteiger partial charge on any atom is 0.335 e. The van der Waals surface area contributed by atoms with Crippen LogP contribution in [0.1, 0.15) is 37.8 Å². The second kappa shape index (κ2) is 7.67. The van der Waals surface area contributed by atoms with Gasteiger partial charge in [-0.3, -0.25) is 10.1 Å². The zero-order chi connectivity index (χ0) is 20.4. The van der Waals surface area contributed by atoms with Crippen LogP contribution in [0.2, 0.25) is 0 Å². The number of allylic oxidation sites excluding steroid dienone is 1. The first-order valence-corrected chi connectivity index (χ1v) is 8.88. The van der Waals surface area contributed by atoms with Crippen LogP contribution in [0.15, 0.2) is 35.5 Å². The van der Waals surface area contributed by atoms with Gasteiger partial charge in [-0.05, 0) is 31.7 Å². The van der Waals surface area contributed by atoms with Gasteiger partial charge < -0.3 is 15.3 Å². The first kappa shape index (κ1) is 19.3. The number of nitrogens with zero attached hydrogens (tertiary/aromatic N) is 3. The Hall–Kier alpha value is -3.43. The van der Waals surface area contributed by atoms with E-state index in [2.05, 4.69) is 5.32 Å². The van der Waals surface area contributed by atoms with Crippen molar-refractivity contribution in [3.05, 3.63) is 51.2 Å². The van der Waals surface area contributed by atoms with Gasteiger partial charge in [-0.15, -0.1) is 0 Å². The maximum atomic E-state index is 13.1. The highest BCUT2D eigenvalue weighted by Gasteiger charge is 2.43.